The topological polar surface area (TPSA) is 3.88 Å². The summed E-state index contributed by atoms with van der Waals surface area (Å²) in [6, 6.07) is 4.64. The Kier molecular flexibility index (Phi) is 16.6. The van der Waals surface area contributed by atoms with Crippen LogP contribution in [0.15, 0.2) is 24.5 Å². The molecule has 1 heteroatoms. The van der Waals surface area contributed by atoms with Gasteiger partial charge in [-0.15, -0.1) is 0 Å². The first-order chi connectivity index (χ1) is 13.4. The maximum atomic E-state index is 2.36. The molecule has 0 bridgehead atoms. The molecule has 1 aromatic heterocycles. The molecule has 0 spiro atoms. The summed E-state index contributed by atoms with van der Waals surface area (Å²) in [5, 5.41) is 0. The van der Waals surface area contributed by atoms with Crippen LogP contribution in [0.25, 0.3) is 0 Å². The van der Waals surface area contributed by atoms with Crippen molar-refractivity contribution in [2.24, 2.45) is 0 Å². The zero-order valence-electron chi connectivity index (χ0n) is 18.7. The summed E-state index contributed by atoms with van der Waals surface area (Å²) >= 11 is 0. The molecule has 156 valence electrons. The molecule has 0 unspecified atom stereocenters. The average molecular weight is 375 g/mol. The van der Waals surface area contributed by atoms with Crippen LogP contribution in [0.3, 0.4) is 0 Å². The predicted molar refractivity (Wildman–Crippen MR) is 120 cm³/mol. The van der Waals surface area contributed by atoms with Crippen LogP contribution in [0.2, 0.25) is 0 Å². The van der Waals surface area contributed by atoms with E-state index in [1.54, 1.807) is 0 Å². The third kappa shape index (κ3) is 14.8. The second kappa shape index (κ2) is 18.5. The summed E-state index contributed by atoms with van der Waals surface area (Å²) in [6.07, 6.45) is 29.9. The minimum absolute atomic E-state index is 1.19. The van der Waals surface area contributed by atoms with Crippen molar-refractivity contribution in [2.45, 2.75) is 136 Å². The molecule has 27 heavy (non-hydrogen) atoms. The molecular weight excluding hydrogens is 326 g/mol. The van der Waals surface area contributed by atoms with Gasteiger partial charge in [-0.2, -0.15) is 0 Å². The molecule has 0 aromatic carbocycles. The van der Waals surface area contributed by atoms with Gasteiger partial charge in [0, 0.05) is 18.6 Å². The van der Waals surface area contributed by atoms with Gasteiger partial charge in [0.25, 0.3) is 0 Å². The Morgan fingerprint density at radius 3 is 1.41 bits per heavy atom. The maximum Gasteiger partial charge on any atom is 0.169 e. The minimum atomic E-state index is 1.19. The van der Waals surface area contributed by atoms with Gasteiger partial charge in [0.05, 0.1) is 0 Å². The van der Waals surface area contributed by atoms with Crippen molar-refractivity contribution < 1.29 is 4.57 Å². The molecule has 1 heterocycles. The van der Waals surface area contributed by atoms with E-state index in [9.17, 15) is 0 Å². The summed E-state index contributed by atoms with van der Waals surface area (Å²) < 4.78 is 2.36. The van der Waals surface area contributed by atoms with Crippen molar-refractivity contribution in [3.8, 4) is 0 Å². The van der Waals surface area contributed by atoms with Crippen LogP contribution < -0.4 is 4.57 Å². The van der Waals surface area contributed by atoms with E-state index in [0.29, 0.717) is 0 Å². The van der Waals surface area contributed by atoms with Gasteiger partial charge in [0.15, 0.2) is 12.4 Å². The van der Waals surface area contributed by atoms with Gasteiger partial charge >= 0.3 is 0 Å². The lowest BCUT2D eigenvalue weighted by Crippen LogP contribution is -2.32. The molecule has 1 aromatic rings. The normalized spacial score (nSPS) is 11.2. The van der Waals surface area contributed by atoms with Gasteiger partial charge in [0.1, 0.15) is 6.54 Å². The monoisotopic (exact) mass is 374 g/mol. The first-order valence-electron chi connectivity index (χ1n) is 12.3. The predicted octanol–water partition coefficient (Wildman–Crippen LogP) is 8.19. The summed E-state index contributed by atoms with van der Waals surface area (Å²) in [7, 11) is 0. The van der Waals surface area contributed by atoms with Crippen molar-refractivity contribution in [1.29, 1.82) is 0 Å². The molecule has 0 aliphatic carbocycles. The SMILES string of the molecule is CCCCCCCCCCCCCCCC[n+]1ccc(CCCCC)cc1. The van der Waals surface area contributed by atoms with E-state index in [0.717, 1.165) is 0 Å². The number of pyridine rings is 1. The van der Waals surface area contributed by atoms with Gasteiger partial charge in [-0.1, -0.05) is 104 Å². The van der Waals surface area contributed by atoms with Crippen molar-refractivity contribution in [2.75, 3.05) is 0 Å². The third-order valence-electron chi connectivity index (χ3n) is 5.80. The fourth-order valence-corrected chi connectivity index (χ4v) is 3.87. The van der Waals surface area contributed by atoms with Crippen molar-refractivity contribution >= 4 is 0 Å². The number of rotatable bonds is 19. The molecular formula is C26H48N+. The van der Waals surface area contributed by atoms with E-state index in [1.807, 2.05) is 0 Å². The third-order valence-corrected chi connectivity index (χ3v) is 5.80. The summed E-state index contributed by atoms with van der Waals surface area (Å²) in [5.74, 6) is 0. The van der Waals surface area contributed by atoms with E-state index < -0.39 is 0 Å². The summed E-state index contributed by atoms with van der Waals surface area (Å²) in [4.78, 5) is 0. The lowest BCUT2D eigenvalue weighted by molar-refractivity contribution is -0.697. The van der Waals surface area contributed by atoms with Crippen LogP contribution in [0.4, 0.5) is 0 Å². The summed E-state index contributed by atoms with van der Waals surface area (Å²) in [6.45, 7) is 5.76. The van der Waals surface area contributed by atoms with Gasteiger partial charge in [-0.25, -0.2) is 4.57 Å². The standard InChI is InChI=1S/C26H48N/c1-3-5-7-8-9-10-11-12-13-14-15-16-17-19-23-27-24-21-26(22-25-27)20-18-6-4-2/h21-22,24-25H,3-20,23H2,1-2H3/q+1. The van der Waals surface area contributed by atoms with Crippen LogP contribution in [0.5, 0.6) is 0 Å². The highest BCUT2D eigenvalue weighted by Crippen LogP contribution is 2.13. The molecule has 0 fully saturated rings. The molecule has 0 radical (unpaired) electrons. The van der Waals surface area contributed by atoms with E-state index in [4.69, 9.17) is 0 Å². The smallest absolute Gasteiger partial charge is 0.169 e. The molecule has 1 nitrogen and oxygen atoms in total. The lowest BCUT2D eigenvalue weighted by atomic mass is 10.0. The Morgan fingerprint density at radius 2 is 0.926 bits per heavy atom. The van der Waals surface area contributed by atoms with Crippen LogP contribution in [-0.4, -0.2) is 0 Å². The number of aryl methyl sites for hydroxylation is 2. The largest absolute Gasteiger partial charge is 0.205 e. The van der Waals surface area contributed by atoms with E-state index in [2.05, 4.69) is 42.9 Å². The zero-order valence-corrected chi connectivity index (χ0v) is 18.7. The Labute approximate surface area is 171 Å². The van der Waals surface area contributed by atoms with Gasteiger partial charge in [-0.3, -0.25) is 0 Å². The fourth-order valence-electron chi connectivity index (χ4n) is 3.87. The molecule has 0 amide bonds. The minimum Gasteiger partial charge on any atom is -0.205 e. The quantitative estimate of drug-likeness (QED) is 0.170. The van der Waals surface area contributed by atoms with Crippen LogP contribution in [0, 0.1) is 0 Å². The van der Waals surface area contributed by atoms with Crippen LogP contribution in [-0.2, 0) is 13.0 Å². The Bertz CT molecular complexity index is 409. The molecule has 1 rings (SSSR count). The van der Waals surface area contributed by atoms with Crippen molar-refractivity contribution in [3.63, 3.8) is 0 Å². The molecule has 0 saturated carbocycles. The second-order valence-electron chi connectivity index (χ2n) is 8.50. The number of nitrogens with zero attached hydrogens (tertiary/aromatic N) is 1. The maximum absolute atomic E-state index is 2.36. The highest BCUT2D eigenvalue weighted by molar-refractivity contribution is 5.07. The highest BCUT2D eigenvalue weighted by atomic mass is 14.9. The number of aromatic nitrogens is 1. The highest BCUT2D eigenvalue weighted by Gasteiger charge is 2.01. The van der Waals surface area contributed by atoms with Crippen molar-refractivity contribution in [1.82, 2.24) is 0 Å². The molecule has 0 N–H and O–H groups in total. The van der Waals surface area contributed by atoms with Crippen LogP contribution >= 0.6 is 0 Å². The fraction of sp³-hybridized carbons (Fsp3) is 0.808. The molecule has 0 aliphatic heterocycles. The first-order valence-corrected chi connectivity index (χ1v) is 12.3. The van der Waals surface area contributed by atoms with Gasteiger partial charge in [0.2, 0.25) is 0 Å². The van der Waals surface area contributed by atoms with E-state index in [1.165, 1.54) is 128 Å². The number of hydrogen-bond acceptors (Lipinski definition) is 0. The zero-order chi connectivity index (χ0) is 19.4. The Balaban J connectivity index is 1.86. The lowest BCUT2D eigenvalue weighted by Gasteiger charge is -2.03. The van der Waals surface area contributed by atoms with Crippen molar-refractivity contribution in [3.05, 3.63) is 30.1 Å². The summed E-state index contributed by atoms with van der Waals surface area (Å²) in [5.41, 5.74) is 1.50. The van der Waals surface area contributed by atoms with Gasteiger partial charge in [-0.05, 0) is 24.8 Å². The Morgan fingerprint density at radius 1 is 0.519 bits per heavy atom. The molecule has 0 saturated heterocycles. The molecule has 0 aliphatic rings. The van der Waals surface area contributed by atoms with Gasteiger partial charge < -0.3 is 0 Å². The van der Waals surface area contributed by atoms with E-state index in [-0.39, 0.29) is 0 Å². The van der Waals surface area contributed by atoms with E-state index >= 15 is 0 Å². The average Bonchev–Trinajstić information content (AvgIpc) is 2.69. The molecule has 0 atom stereocenters. The number of unbranched alkanes of at least 4 members (excludes halogenated alkanes) is 15. The van der Waals surface area contributed by atoms with Crippen LogP contribution in [0.1, 0.15) is 129 Å². The second-order valence-corrected chi connectivity index (χ2v) is 8.50. The number of hydrogen-bond donors (Lipinski definition) is 0. The first kappa shape index (κ1) is 24.2. The Hall–Kier alpha value is -0.850.